The van der Waals surface area contributed by atoms with Gasteiger partial charge in [0.05, 0.1) is 4.92 Å². The highest BCUT2D eigenvalue weighted by molar-refractivity contribution is 5.33. The van der Waals surface area contributed by atoms with Crippen molar-refractivity contribution in [3.8, 4) is 0 Å². The van der Waals surface area contributed by atoms with E-state index < -0.39 is 0 Å². The second-order valence-electron chi connectivity index (χ2n) is 6.84. The summed E-state index contributed by atoms with van der Waals surface area (Å²) in [6, 6.07) is 6.90. The molecule has 0 saturated carbocycles. The van der Waals surface area contributed by atoms with Crippen molar-refractivity contribution in [3.63, 3.8) is 0 Å². The van der Waals surface area contributed by atoms with Crippen molar-refractivity contribution in [2.75, 3.05) is 0 Å². The number of hydrogen-bond donors (Lipinski definition) is 0. The third-order valence-corrected chi connectivity index (χ3v) is 4.68. The van der Waals surface area contributed by atoms with E-state index in [0.717, 1.165) is 24.9 Å². The van der Waals surface area contributed by atoms with Crippen LogP contribution in [0.25, 0.3) is 0 Å². The van der Waals surface area contributed by atoms with Crippen molar-refractivity contribution < 1.29 is 4.92 Å². The van der Waals surface area contributed by atoms with Crippen LogP contribution in [-0.2, 0) is 6.54 Å². The first-order valence-corrected chi connectivity index (χ1v) is 7.65. The Hall–Kier alpha value is -1.42. The van der Waals surface area contributed by atoms with Gasteiger partial charge in [-0.3, -0.25) is 15.0 Å². The van der Waals surface area contributed by atoms with Crippen molar-refractivity contribution in [2.24, 2.45) is 0 Å². The van der Waals surface area contributed by atoms with Gasteiger partial charge in [0, 0.05) is 29.8 Å². The molecule has 0 fully saturated rings. The average molecular weight is 292 g/mol. The van der Waals surface area contributed by atoms with Crippen LogP contribution in [0.4, 0.5) is 5.69 Å². The minimum Gasteiger partial charge on any atom is -0.289 e. The molecule has 1 aromatic rings. The molecule has 0 saturated heterocycles. The van der Waals surface area contributed by atoms with E-state index in [0.29, 0.717) is 0 Å². The van der Waals surface area contributed by atoms with Gasteiger partial charge in [0.25, 0.3) is 5.69 Å². The number of rotatable bonds is 7. The summed E-state index contributed by atoms with van der Waals surface area (Å²) in [4.78, 5) is 12.9. The fraction of sp³-hybridized carbons (Fsp3) is 0.647. The molecule has 1 rings (SSSR count). The summed E-state index contributed by atoms with van der Waals surface area (Å²) in [7, 11) is 0. The summed E-state index contributed by atoms with van der Waals surface area (Å²) in [5, 5.41) is 10.7. The quantitative estimate of drug-likeness (QED) is 0.537. The molecule has 0 spiro atoms. The number of nitro groups is 1. The van der Waals surface area contributed by atoms with E-state index in [9.17, 15) is 10.1 Å². The van der Waals surface area contributed by atoms with Crippen molar-refractivity contribution >= 4 is 5.69 Å². The monoisotopic (exact) mass is 292 g/mol. The molecule has 21 heavy (non-hydrogen) atoms. The second kappa shape index (κ2) is 6.56. The largest absolute Gasteiger partial charge is 0.289 e. The van der Waals surface area contributed by atoms with Gasteiger partial charge < -0.3 is 0 Å². The molecular formula is C17H28N2O2. The third kappa shape index (κ3) is 4.27. The molecule has 0 radical (unpaired) electrons. The van der Waals surface area contributed by atoms with Gasteiger partial charge in [-0.25, -0.2) is 0 Å². The third-order valence-electron chi connectivity index (χ3n) is 4.68. The zero-order valence-electron chi connectivity index (χ0n) is 14.1. The summed E-state index contributed by atoms with van der Waals surface area (Å²) >= 11 is 0. The fourth-order valence-corrected chi connectivity index (χ4v) is 2.53. The van der Waals surface area contributed by atoms with Crippen LogP contribution in [0.2, 0.25) is 0 Å². The molecule has 0 bridgehead atoms. The maximum Gasteiger partial charge on any atom is 0.269 e. The first kappa shape index (κ1) is 17.6. The number of hydrogen-bond acceptors (Lipinski definition) is 3. The maximum atomic E-state index is 10.7. The van der Waals surface area contributed by atoms with Crippen LogP contribution in [0, 0.1) is 10.1 Å². The van der Waals surface area contributed by atoms with Crippen LogP contribution in [0.5, 0.6) is 0 Å². The van der Waals surface area contributed by atoms with Gasteiger partial charge in [-0.15, -0.1) is 0 Å². The van der Waals surface area contributed by atoms with Gasteiger partial charge in [-0.2, -0.15) is 0 Å². The summed E-state index contributed by atoms with van der Waals surface area (Å²) in [5.41, 5.74) is 1.43. The van der Waals surface area contributed by atoms with E-state index in [1.165, 1.54) is 0 Å². The van der Waals surface area contributed by atoms with Crippen molar-refractivity contribution in [2.45, 2.75) is 72.0 Å². The number of benzene rings is 1. The van der Waals surface area contributed by atoms with Crippen molar-refractivity contribution in [3.05, 3.63) is 39.9 Å². The summed E-state index contributed by atoms with van der Waals surface area (Å²) in [6.45, 7) is 14.3. The van der Waals surface area contributed by atoms with E-state index in [-0.39, 0.29) is 21.7 Å². The molecule has 4 heteroatoms. The smallest absolute Gasteiger partial charge is 0.269 e. The van der Waals surface area contributed by atoms with E-state index in [1.54, 1.807) is 12.1 Å². The lowest BCUT2D eigenvalue weighted by molar-refractivity contribution is -0.384. The van der Waals surface area contributed by atoms with Crippen LogP contribution >= 0.6 is 0 Å². The van der Waals surface area contributed by atoms with Gasteiger partial charge in [-0.1, -0.05) is 26.0 Å². The number of nitrogens with zero attached hydrogens (tertiary/aromatic N) is 2. The average Bonchev–Trinajstić information content (AvgIpc) is 2.44. The fourth-order valence-electron chi connectivity index (χ4n) is 2.53. The molecule has 0 N–H and O–H groups in total. The Bertz CT molecular complexity index is 462. The number of nitro benzene ring substituents is 1. The van der Waals surface area contributed by atoms with Crippen LogP contribution in [0.15, 0.2) is 24.3 Å². The van der Waals surface area contributed by atoms with Crippen molar-refractivity contribution in [1.29, 1.82) is 0 Å². The summed E-state index contributed by atoms with van der Waals surface area (Å²) < 4.78 is 0. The van der Waals surface area contributed by atoms with Crippen LogP contribution < -0.4 is 0 Å². The molecule has 0 amide bonds. The highest BCUT2D eigenvalue weighted by Crippen LogP contribution is 2.32. The molecular weight excluding hydrogens is 264 g/mol. The highest BCUT2D eigenvalue weighted by atomic mass is 16.6. The molecule has 0 atom stereocenters. The van der Waals surface area contributed by atoms with E-state index in [4.69, 9.17) is 0 Å². The maximum absolute atomic E-state index is 10.7. The van der Waals surface area contributed by atoms with Crippen molar-refractivity contribution in [1.82, 2.24) is 4.90 Å². The van der Waals surface area contributed by atoms with E-state index in [2.05, 4.69) is 46.4 Å². The first-order valence-electron chi connectivity index (χ1n) is 7.65. The van der Waals surface area contributed by atoms with Crippen LogP contribution in [-0.4, -0.2) is 20.9 Å². The van der Waals surface area contributed by atoms with Gasteiger partial charge >= 0.3 is 0 Å². The Kier molecular flexibility index (Phi) is 5.51. The van der Waals surface area contributed by atoms with E-state index in [1.807, 2.05) is 12.1 Å². The minimum atomic E-state index is -0.354. The molecule has 118 valence electrons. The van der Waals surface area contributed by atoms with Gasteiger partial charge in [0.2, 0.25) is 0 Å². The Morgan fingerprint density at radius 3 is 1.76 bits per heavy atom. The molecule has 1 aromatic carbocycles. The van der Waals surface area contributed by atoms with Gasteiger partial charge in [0.15, 0.2) is 0 Å². The zero-order valence-corrected chi connectivity index (χ0v) is 14.1. The van der Waals surface area contributed by atoms with Gasteiger partial charge in [-0.05, 0) is 46.1 Å². The normalized spacial score (nSPS) is 12.7. The zero-order chi connectivity index (χ0) is 16.3. The topological polar surface area (TPSA) is 46.4 Å². The number of non-ortho nitro benzene ring substituents is 1. The Morgan fingerprint density at radius 1 is 1.00 bits per heavy atom. The first-order chi connectivity index (χ1) is 9.64. The van der Waals surface area contributed by atoms with Gasteiger partial charge in [0.1, 0.15) is 0 Å². The molecule has 0 aliphatic rings. The molecule has 4 nitrogen and oxygen atoms in total. The SMILES string of the molecule is CCC(C)(C)N(Cc1ccc([N+](=O)[O-])cc1)C(C)(C)CC. The van der Waals surface area contributed by atoms with Crippen LogP contribution in [0.1, 0.15) is 59.9 Å². The Balaban J connectivity index is 3.04. The Morgan fingerprint density at radius 2 is 1.43 bits per heavy atom. The predicted octanol–water partition coefficient (Wildman–Crippen LogP) is 4.77. The highest BCUT2D eigenvalue weighted by Gasteiger charge is 2.35. The van der Waals surface area contributed by atoms with Crippen LogP contribution in [0.3, 0.4) is 0 Å². The molecule has 0 aliphatic heterocycles. The molecule has 0 unspecified atom stereocenters. The summed E-state index contributed by atoms with van der Waals surface area (Å²) in [5.74, 6) is 0. The Labute approximate surface area is 128 Å². The predicted molar refractivity (Wildman–Crippen MR) is 87.4 cm³/mol. The standard InChI is InChI=1S/C17H28N2O2/c1-7-16(3,4)18(17(5,6)8-2)13-14-9-11-15(12-10-14)19(20)21/h9-12H,7-8,13H2,1-6H3. The molecule has 0 aromatic heterocycles. The second-order valence-corrected chi connectivity index (χ2v) is 6.84. The molecule has 0 aliphatic carbocycles. The van der Waals surface area contributed by atoms with E-state index >= 15 is 0 Å². The molecule has 0 heterocycles. The lowest BCUT2D eigenvalue weighted by atomic mass is 9.88. The minimum absolute atomic E-state index is 0.0846. The lowest BCUT2D eigenvalue weighted by Crippen LogP contribution is -2.54. The summed E-state index contributed by atoms with van der Waals surface area (Å²) in [6.07, 6.45) is 2.12. The lowest BCUT2D eigenvalue weighted by Gasteiger charge is -2.48.